The standard InChI is InChI=1S/C19H19N7O3/c1-11-4-6-25-15(7-11)13(8-21-25)16-20-9-14-17(23-16)26(18(27)22-14)12-3-2-5-24(10-12)19(28)29/h4,6-9,12H,2-3,5,10H2,1H3,(H,22,27)(H,28,29). The van der Waals surface area contributed by atoms with Crippen LogP contribution in [0.2, 0.25) is 0 Å². The Kier molecular flexibility index (Phi) is 3.86. The predicted molar refractivity (Wildman–Crippen MR) is 105 cm³/mol. The number of amides is 1. The summed E-state index contributed by atoms with van der Waals surface area (Å²) in [5, 5.41) is 13.7. The van der Waals surface area contributed by atoms with Crippen LogP contribution in [0.25, 0.3) is 28.1 Å². The first kappa shape index (κ1) is 17.4. The maximum absolute atomic E-state index is 12.6. The molecule has 0 saturated carbocycles. The van der Waals surface area contributed by atoms with Crippen LogP contribution >= 0.6 is 0 Å². The summed E-state index contributed by atoms with van der Waals surface area (Å²) in [6, 6.07) is 3.70. The number of hydrogen-bond acceptors (Lipinski definition) is 5. The minimum absolute atomic E-state index is 0.261. The number of piperidine rings is 1. The summed E-state index contributed by atoms with van der Waals surface area (Å²) in [5.74, 6) is 0.469. The lowest BCUT2D eigenvalue weighted by molar-refractivity contribution is 0.121. The zero-order valence-corrected chi connectivity index (χ0v) is 15.7. The summed E-state index contributed by atoms with van der Waals surface area (Å²) in [6.07, 6.45) is 5.61. The Morgan fingerprint density at radius 3 is 3.03 bits per heavy atom. The van der Waals surface area contributed by atoms with Crippen molar-refractivity contribution in [3.8, 4) is 11.4 Å². The summed E-state index contributed by atoms with van der Waals surface area (Å²) in [5.41, 5.74) is 3.44. The van der Waals surface area contributed by atoms with Crippen molar-refractivity contribution in [3.63, 3.8) is 0 Å². The Bertz CT molecular complexity index is 1300. The van der Waals surface area contributed by atoms with E-state index >= 15 is 0 Å². The summed E-state index contributed by atoms with van der Waals surface area (Å²) >= 11 is 0. The number of H-pyrrole nitrogens is 1. The van der Waals surface area contributed by atoms with Crippen molar-refractivity contribution in [1.29, 1.82) is 0 Å². The third-order valence-corrected chi connectivity index (χ3v) is 5.41. The molecule has 1 saturated heterocycles. The number of aryl methyl sites for hydroxylation is 1. The Balaban J connectivity index is 1.63. The molecule has 1 atom stereocenters. The van der Waals surface area contributed by atoms with E-state index in [0.717, 1.165) is 16.6 Å². The number of carboxylic acid groups (broad SMARTS) is 1. The molecule has 148 valence electrons. The molecule has 1 aliphatic rings. The highest BCUT2D eigenvalue weighted by Crippen LogP contribution is 2.26. The van der Waals surface area contributed by atoms with Crippen LogP contribution in [0.4, 0.5) is 4.79 Å². The first-order valence-electron chi connectivity index (χ1n) is 9.41. The van der Waals surface area contributed by atoms with Crippen molar-refractivity contribution in [1.82, 2.24) is 34.0 Å². The fourth-order valence-electron chi connectivity index (χ4n) is 3.98. The van der Waals surface area contributed by atoms with Gasteiger partial charge in [-0.05, 0) is 37.5 Å². The molecule has 1 aliphatic heterocycles. The molecule has 1 fully saturated rings. The number of likely N-dealkylation sites (tertiary alicyclic amines) is 1. The Morgan fingerprint density at radius 2 is 2.21 bits per heavy atom. The van der Waals surface area contributed by atoms with E-state index in [4.69, 9.17) is 0 Å². The zero-order valence-electron chi connectivity index (χ0n) is 15.7. The molecule has 0 bridgehead atoms. The first-order chi connectivity index (χ1) is 14.0. The molecule has 0 spiro atoms. The van der Waals surface area contributed by atoms with Crippen LogP contribution in [0.1, 0.15) is 24.4 Å². The lowest BCUT2D eigenvalue weighted by Crippen LogP contribution is -2.41. The van der Waals surface area contributed by atoms with E-state index in [1.165, 1.54) is 4.90 Å². The summed E-state index contributed by atoms with van der Waals surface area (Å²) in [4.78, 5) is 37.2. The van der Waals surface area contributed by atoms with Crippen molar-refractivity contribution in [2.45, 2.75) is 25.8 Å². The van der Waals surface area contributed by atoms with Crippen LogP contribution in [-0.4, -0.2) is 58.3 Å². The Labute approximate surface area is 164 Å². The third-order valence-electron chi connectivity index (χ3n) is 5.41. The number of hydrogen-bond donors (Lipinski definition) is 2. The predicted octanol–water partition coefficient (Wildman–Crippen LogP) is 2.06. The van der Waals surface area contributed by atoms with E-state index in [0.29, 0.717) is 36.4 Å². The maximum Gasteiger partial charge on any atom is 0.407 e. The minimum atomic E-state index is -0.973. The molecule has 5 rings (SSSR count). The second kappa shape index (κ2) is 6.43. The van der Waals surface area contributed by atoms with Gasteiger partial charge in [0.2, 0.25) is 0 Å². The number of aromatic amines is 1. The van der Waals surface area contributed by atoms with Gasteiger partial charge in [-0.15, -0.1) is 0 Å². The number of aromatic nitrogens is 6. The van der Waals surface area contributed by atoms with E-state index in [-0.39, 0.29) is 18.3 Å². The van der Waals surface area contributed by atoms with Crippen LogP contribution in [0.3, 0.4) is 0 Å². The van der Waals surface area contributed by atoms with Gasteiger partial charge in [0.15, 0.2) is 11.5 Å². The Morgan fingerprint density at radius 1 is 1.34 bits per heavy atom. The molecule has 10 heteroatoms. The number of carbonyl (C=O) groups is 1. The molecule has 4 aromatic heterocycles. The molecule has 29 heavy (non-hydrogen) atoms. The average molecular weight is 393 g/mol. The van der Waals surface area contributed by atoms with Gasteiger partial charge < -0.3 is 15.0 Å². The number of rotatable bonds is 2. The van der Waals surface area contributed by atoms with Gasteiger partial charge in [0.25, 0.3) is 0 Å². The Hall–Kier alpha value is -3.69. The molecule has 10 nitrogen and oxygen atoms in total. The summed E-state index contributed by atoms with van der Waals surface area (Å²) in [6.45, 7) is 2.74. The van der Waals surface area contributed by atoms with Gasteiger partial charge in [-0.1, -0.05) is 0 Å². The van der Waals surface area contributed by atoms with Crippen LogP contribution in [-0.2, 0) is 0 Å². The lowest BCUT2D eigenvalue weighted by atomic mass is 10.1. The van der Waals surface area contributed by atoms with Gasteiger partial charge in [-0.25, -0.2) is 24.1 Å². The third kappa shape index (κ3) is 2.84. The lowest BCUT2D eigenvalue weighted by Gasteiger charge is -2.31. The second-order valence-corrected chi connectivity index (χ2v) is 7.35. The second-order valence-electron chi connectivity index (χ2n) is 7.35. The molecular formula is C19H19N7O3. The van der Waals surface area contributed by atoms with Crippen LogP contribution in [0.5, 0.6) is 0 Å². The number of fused-ring (bicyclic) bond motifs is 2. The highest BCUT2D eigenvalue weighted by Gasteiger charge is 2.27. The van der Waals surface area contributed by atoms with Crippen molar-refractivity contribution < 1.29 is 9.90 Å². The van der Waals surface area contributed by atoms with Crippen molar-refractivity contribution >= 4 is 22.8 Å². The molecule has 1 unspecified atom stereocenters. The van der Waals surface area contributed by atoms with E-state index in [9.17, 15) is 14.7 Å². The summed E-state index contributed by atoms with van der Waals surface area (Å²) in [7, 11) is 0. The largest absolute Gasteiger partial charge is 0.465 e. The topological polar surface area (TPSA) is 121 Å². The quantitative estimate of drug-likeness (QED) is 0.538. The molecule has 0 aliphatic carbocycles. The molecule has 1 amide bonds. The van der Waals surface area contributed by atoms with Gasteiger partial charge in [-0.3, -0.25) is 4.57 Å². The van der Waals surface area contributed by atoms with E-state index < -0.39 is 6.09 Å². The first-order valence-corrected chi connectivity index (χ1v) is 9.41. The minimum Gasteiger partial charge on any atom is -0.465 e. The van der Waals surface area contributed by atoms with E-state index in [1.54, 1.807) is 21.5 Å². The highest BCUT2D eigenvalue weighted by atomic mass is 16.4. The van der Waals surface area contributed by atoms with Gasteiger partial charge in [0, 0.05) is 19.3 Å². The van der Waals surface area contributed by atoms with Gasteiger partial charge in [0.05, 0.1) is 29.5 Å². The van der Waals surface area contributed by atoms with Crippen LogP contribution in [0, 0.1) is 6.92 Å². The van der Waals surface area contributed by atoms with Crippen LogP contribution < -0.4 is 5.69 Å². The smallest absolute Gasteiger partial charge is 0.407 e. The van der Waals surface area contributed by atoms with E-state index in [2.05, 4.69) is 20.1 Å². The SMILES string of the molecule is Cc1ccn2ncc(-c3ncc4[nH]c(=O)n(C5CCCN(C(=O)O)C5)c4n3)c2c1. The van der Waals surface area contributed by atoms with Crippen molar-refractivity contribution in [2.24, 2.45) is 0 Å². The summed E-state index contributed by atoms with van der Waals surface area (Å²) < 4.78 is 3.32. The van der Waals surface area contributed by atoms with E-state index in [1.807, 2.05) is 25.3 Å². The molecule has 5 heterocycles. The number of nitrogens with zero attached hydrogens (tertiary/aromatic N) is 6. The molecular weight excluding hydrogens is 374 g/mol. The average Bonchev–Trinajstić information content (AvgIpc) is 3.27. The van der Waals surface area contributed by atoms with Gasteiger partial charge >= 0.3 is 11.8 Å². The zero-order chi connectivity index (χ0) is 20.1. The molecule has 4 aromatic rings. The number of imidazole rings is 1. The number of pyridine rings is 1. The monoisotopic (exact) mass is 393 g/mol. The fourth-order valence-corrected chi connectivity index (χ4v) is 3.98. The molecule has 0 aromatic carbocycles. The van der Waals surface area contributed by atoms with Gasteiger partial charge in [0.1, 0.15) is 5.52 Å². The molecule has 2 N–H and O–H groups in total. The van der Waals surface area contributed by atoms with Crippen LogP contribution in [0.15, 0.2) is 35.5 Å². The normalized spacial score (nSPS) is 17.3. The maximum atomic E-state index is 12.6. The van der Waals surface area contributed by atoms with Gasteiger partial charge in [-0.2, -0.15) is 5.10 Å². The highest BCUT2D eigenvalue weighted by molar-refractivity contribution is 5.79. The number of nitrogens with one attached hydrogen (secondary N) is 1. The van der Waals surface area contributed by atoms with Crippen molar-refractivity contribution in [2.75, 3.05) is 13.1 Å². The van der Waals surface area contributed by atoms with Crippen molar-refractivity contribution in [3.05, 3.63) is 46.8 Å². The molecule has 0 radical (unpaired) electrons. The fraction of sp³-hybridized carbons (Fsp3) is 0.316.